The number of carbonyl (C=O) groups excluding carboxylic acids is 1. The number of rotatable bonds is 9. The summed E-state index contributed by atoms with van der Waals surface area (Å²) in [4.78, 5) is 20.6. The molecule has 0 radical (unpaired) electrons. The van der Waals surface area contributed by atoms with Gasteiger partial charge in [-0.1, -0.05) is 12.1 Å². The molecule has 3 rings (SSSR count). The highest BCUT2D eigenvalue weighted by molar-refractivity contribution is 5.92. The number of ether oxygens (including phenoxy) is 2. The summed E-state index contributed by atoms with van der Waals surface area (Å²) < 4.78 is 23.6. The summed E-state index contributed by atoms with van der Waals surface area (Å²) in [7, 11) is 1.61. The molecule has 8 heteroatoms. The summed E-state index contributed by atoms with van der Waals surface area (Å²) in [6.45, 7) is 1.14. The van der Waals surface area contributed by atoms with Gasteiger partial charge in [0.05, 0.1) is 13.7 Å². The first-order valence-corrected chi connectivity index (χ1v) is 9.00. The maximum Gasteiger partial charge on any atom is 0.270 e. The molecule has 0 bridgehead atoms. The number of anilines is 1. The smallest absolute Gasteiger partial charge is 0.270 e. The molecule has 0 aliphatic rings. The fourth-order valence-corrected chi connectivity index (χ4v) is 2.45. The number of carbonyl (C=O) groups is 1. The number of hydrogen-bond donors (Lipinski definition) is 2. The third-order valence-electron chi connectivity index (χ3n) is 3.97. The van der Waals surface area contributed by atoms with E-state index in [1.807, 2.05) is 24.3 Å². The van der Waals surface area contributed by atoms with Crippen molar-refractivity contribution in [3.8, 4) is 11.5 Å². The lowest BCUT2D eigenvalue weighted by Gasteiger charge is -2.09. The Balaban J connectivity index is 1.45. The van der Waals surface area contributed by atoms with Crippen molar-refractivity contribution in [1.82, 2.24) is 15.3 Å². The van der Waals surface area contributed by atoms with Crippen LogP contribution in [0.25, 0.3) is 0 Å². The maximum absolute atomic E-state index is 12.9. The van der Waals surface area contributed by atoms with Gasteiger partial charge in [0.25, 0.3) is 5.91 Å². The Morgan fingerprint density at radius 1 is 1.03 bits per heavy atom. The SMILES string of the molecule is COc1ccc(OCCNc2nccc(C(=O)NCc3ccc(F)cc3)n2)cc1. The van der Waals surface area contributed by atoms with Gasteiger partial charge in [0.15, 0.2) is 0 Å². The van der Waals surface area contributed by atoms with Crippen molar-refractivity contribution in [3.05, 3.63) is 77.9 Å². The number of benzene rings is 2. The molecule has 1 amide bonds. The summed E-state index contributed by atoms with van der Waals surface area (Å²) in [5.41, 5.74) is 1.03. The molecule has 0 aliphatic heterocycles. The lowest BCUT2D eigenvalue weighted by Crippen LogP contribution is -2.24. The Bertz CT molecular complexity index is 933. The summed E-state index contributed by atoms with van der Waals surface area (Å²) in [5, 5.41) is 5.76. The van der Waals surface area contributed by atoms with Crippen molar-refractivity contribution in [2.24, 2.45) is 0 Å². The van der Waals surface area contributed by atoms with Crippen LogP contribution in [0.2, 0.25) is 0 Å². The zero-order valence-electron chi connectivity index (χ0n) is 15.9. The molecular formula is C21H21FN4O3. The third kappa shape index (κ3) is 6.17. The highest BCUT2D eigenvalue weighted by Gasteiger charge is 2.08. The first-order chi connectivity index (χ1) is 14.1. The van der Waals surface area contributed by atoms with Crippen LogP contribution in [-0.2, 0) is 6.54 Å². The third-order valence-corrected chi connectivity index (χ3v) is 3.97. The van der Waals surface area contributed by atoms with Crippen LogP contribution in [0.4, 0.5) is 10.3 Å². The van der Waals surface area contributed by atoms with Crippen molar-refractivity contribution < 1.29 is 18.7 Å². The van der Waals surface area contributed by atoms with E-state index in [9.17, 15) is 9.18 Å². The normalized spacial score (nSPS) is 10.3. The minimum atomic E-state index is -0.339. The van der Waals surface area contributed by atoms with Gasteiger partial charge < -0.3 is 20.1 Å². The Hall–Kier alpha value is -3.68. The van der Waals surface area contributed by atoms with E-state index in [0.717, 1.165) is 17.1 Å². The number of methoxy groups -OCH3 is 1. The molecule has 3 aromatic rings. The van der Waals surface area contributed by atoms with Gasteiger partial charge in [-0.2, -0.15) is 0 Å². The van der Waals surface area contributed by atoms with Crippen molar-refractivity contribution in [2.45, 2.75) is 6.54 Å². The number of halogens is 1. The Labute approximate surface area is 167 Å². The molecule has 0 unspecified atom stereocenters. The molecule has 150 valence electrons. The van der Waals surface area contributed by atoms with E-state index in [2.05, 4.69) is 20.6 Å². The van der Waals surface area contributed by atoms with Crippen molar-refractivity contribution in [2.75, 3.05) is 25.6 Å². The topological polar surface area (TPSA) is 85.4 Å². The Morgan fingerprint density at radius 3 is 2.48 bits per heavy atom. The van der Waals surface area contributed by atoms with Crippen LogP contribution < -0.4 is 20.1 Å². The van der Waals surface area contributed by atoms with E-state index in [1.165, 1.54) is 24.4 Å². The molecule has 1 aromatic heterocycles. The summed E-state index contributed by atoms with van der Waals surface area (Å²) >= 11 is 0. The molecule has 7 nitrogen and oxygen atoms in total. The second-order valence-corrected chi connectivity index (χ2v) is 6.03. The van der Waals surface area contributed by atoms with Gasteiger partial charge in [-0.25, -0.2) is 14.4 Å². The fourth-order valence-electron chi connectivity index (χ4n) is 2.45. The van der Waals surface area contributed by atoms with E-state index in [-0.39, 0.29) is 24.0 Å². The zero-order valence-corrected chi connectivity index (χ0v) is 15.9. The van der Waals surface area contributed by atoms with E-state index in [1.54, 1.807) is 19.2 Å². The molecule has 0 fully saturated rings. The van der Waals surface area contributed by atoms with Gasteiger partial charge in [-0.05, 0) is 48.0 Å². The van der Waals surface area contributed by atoms with Crippen molar-refractivity contribution >= 4 is 11.9 Å². The van der Waals surface area contributed by atoms with Crippen molar-refractivity contribution in [1.29, 1.82) is 0 Å². The molecule has 0 atom stereocenters. The predicted octanol–water partition coefficient (Wildman–Crippen LogP) is 3.05. The molecule has 2 aromatic carbocycles. The number of hydrogen-bond acceptors (Lipinski definition) is 6. The number of amides is 1. The molecule has 29 heavy (non-hydrogen) atoms. The lowest BCUT2D eigenvalue weighted by molar-refractivity contribution is 0.0946. The first-order valence-electron chi connectivity index (χ1n) is 9.00. The summed E-state index contributed by atoms with van der Waals surface area (Å²) in [5.74, 6) is 1.16. The standard InChI is InChI=1S/C21H21FN4O3/c1-28-17-6-8-18(9-7-17)29-13-12-24-21-23-11-10-19(26-21)20(27)25-14-15-2-4-16(22)5-3-15/h2-11H,12-14H2,1H3,(H,25,27)(H,23,24,26). The number of aromatic nitrogens is 2. The second kappa shape index (κ2) is 10.0. The monoisotopic (exact) mass is 396 g/mol. The zero-order chi connectivity index (χ0) is 20.5. The average molecular weight is 396 g/mol. The maximum atomic E-state index is 12.9. The number of nitrogens with one attached hydrogen (secondary N) is 2. The Morgan fingerprint density at radius 2 is 1.76 bits per heavy atom. The molecule has 0 saturated heterocycles. The van der Waals surface area contributed by atoms with Crippen LogP contribution in [0.3, 0.4) is 0 Å². The van der Waals surface area contributed by atoms with E-state index in [4.69, 9.17) is 9.47 Å². The van der Waals surface area contributed by atoms with E-state index >= 15 is 0 Å². The average Bonchev–Trinajstić information content (AvgIpc) is 2.77. The molecule has 0 spiro atoms. The highest BCUT2D eigenvalue weighted by Crippen LogP contribution is 2.16. The van der Waals surface area contributed by atoms with Gasteiger partial charge in [-0.3, -0.25) is 4.79 Å². The lowest BCUT2D eigenvalue weighted by atomic mass is 10.2. The second-order valence-electron chi connectivity index (χ2n) is 6.03. The van der Waals surface area contributed by atoms with Crippen LogP contribution in [0.15, 0.2) is 60.8 Å². The van der Waals surface area contributed by atoms with Crippen LogP contribution in [0.5, 0.6) is 11.5 Å². The first kappa shape index (κ1) is 20.1. The van der Waals surface area contributed by atoms with Crippen LogP contribution >= 0.6 is 0 Å². The Kier molecular flexibility index (Phi) is 6.94. The minimum Gasteiger partial charge on any atom is -0.497 e. The van der Waals surface area contributed by atoms with Gasteiger partial charge in [0, 0.05) is 12.7 Å². The van der Waals surface area contributed by atoms with Gasteiger partial charge in [0.2, 0.25) is 5.95 Å². The molecular weight excluding hydrogens is 375 g/mol. The van der Waals surface area contributed by atoms with Crippen LogP contribution in [0.1, 0.15) is 16.1 Å². The predicted molar refractivity (Wildman–Crippen MR) is 107 cm³/mol. The molecule has 1 heterocycles. The van der Waals surface area contributed by atoms with Gasteiger partial charge >= 0.3 is 0 Å². The molecule has 0 aliphatic carbocycles. The largest absolute Gasteiger partial charge is 0.497 e. The van der Waals surface area contributed by atoms with Crippen molar-refractivity contribution in [3.63, 3.8) is 0 Å². The van der Waals surface area contributed by atoms with E-state index < -0.39 is 0 Å². The van der Waals surface area contributed by atoms with E-state index in [0.29, 0.717) is 19.1 Å². The molecule has 0 saturated carbocycles. The van der Waals surface area contributed by atoms with Gasteiger partial charge in [-0.15, -0.1) is 0 Å². The quantitative estimate of drug-likeness (QED) is 0.541. The van der Waals surface area contributed by atoms with Gasteiger partial charge in [0.1, 0.15) is 29.6 Å². The summed E-state index contributed by atoms with van der Waals surface area (Å²) in [6, 6.07) is 14.7. The summed E-state index contributed by atoms with van der Waals surface area (Å²) in [6.07, 6.45) is 1.51. The fraction of sp³-hybridized carbons (Fsp3) is 0.190. The molecule has 2 N–H and O–H groups in total. The number of nitrogens with zero attached hydrogens (tertiary/aromatic N) is 2. The minimum absolute atomic E-state index is 0.237. The van der Waals surface area contributed by atoms with Crippen LogP contribution in [-0.4, -0.2) is 36.1 Å². The van der Waals surface area contributed by atoms with Crippen LogP contribution in [0, 0.1) is 5.82 Å². The highest BCUT2D eigenvalue weighted by atomic mass is 19.1.